The van der Waals surface area contributed by atoms with Crippen LogP contribution < -0.4 is 15.4 Å². The van der Waals surface area contributed by atoms with E-state index in [2.05, 4.69) is 22.8 Å². The van der Waals surface area contributed by atoms with Gasteiger partial charge in [-0.15, -0.1) is 0 Å². The van der Waals surface area contributed by atoms with Gasteiger partial charge in [0.25, 0.3) is 0 Å². The second-order valence-electron chi connectivity index (χ2n) is 4.95. The third-order valence-corrected chi connectivity index (χ3v) is 3.55. The van der Waals surface area contributed by atoms with Crippen LogP contribution in [0.25, 0.3) is 0 Å². The Morgan fingerprint density at radius 3 is 3.00 bits per heavy atom. The minimum absolute atomic E-state index is 0.0237. The summed E-state index contributed by atoms with van der Waals surface area (Å²) in [5, 5.41) is 6.32. The largest absolute Gasteiger partial charge is 0.497 e. The standard InChI is InChI=1S/C15H22N2O2/c1-11(18)16-8-9-17-15-5-3-4-12-10-13(19-2)6-7-14(12)15/h6-7,10,15,17H,3-5,8-9H2,1-2H3,(H,16,18). The highest BCUT2D eigenvalue weighted by molar-refractivity contribution is 5.72. The summed E-state index contributed by atoms with van der Waals surface area (Å²) in [6.07, 6.45) is 3.47. The molecule has 19 heavy (non-hydrogen) atoms. The van der Waals surface area contributed by atoms with Crippen molar-refractivity contribution in [2.45, 2.75) is 32.2 Å². The number of amides is 1. The van der Waals surface area contributed by atoms with Crippen LogP contribution >= 0.6 is 0 Å². The smallest absolute Gasteiger partial charge is 0.216 e. The van der Waals surface area contributed by atoms with Crippen LogP contribution in [0.2, 0.25) is 0 Å². The molecule has 0 saturated heterocycles. The van der Waals surface area contributed by atoms with E-state index in [4.69, 9.17) is 4.74 Å². The number of hydrogen-bond donors (Lipinski definition) is 2. The fourth-order valence-electron chi connectivity index (χ4n) is 2.61. The zero-order valence-corrected chi connectivity index (χ0v) is 11.7. The van der Waals surface area contributed by atoms with Crippen molar-refractivity contribution in [3.63, 3.8) is 0 Å². The summed E-state index contributed by atoms with van der Waals surface area (Å²) in [4.78, 5) is 10.8. The Hall–Kier alpha value is -1.55. The van der Waals surface area contributed by atoms with Crippen LogP contribution in [0.1, 0.15) is 36.9 Å². The van der Waals surface area contributed by atoms with E-state index in [1.165, 1.54) is 17.5 Å². The molecule has 0 spiro atoms. The van der Waals surface area contributed by atoms with Gasteiger partial charge in [0.2, 0.25) is 5.91 Å². The number of carbonyl (C=O) groups excluding carboxylic acids is 1. The summed E-state index contributed by atoms with van der Waals surface area (Å²) in [6, 6.07) is 6.70. The zero-order valence-electron chi connectivity index (χ0n) is 11.7. The Labute approximate surface area is 114 Å². The molecular weight excluding hydrogens is 240 g/mol. The molecule has 0 heterocycles. The van der Waals surface area contributed by atoms with Gasteiger partial charge in [-0.2, -0.15) is 0 Å². The predicted octanol–water partition coefficient (Wildman–Crippen LogP) is 1.80. The lowest BCUT2D eigenvalue weighted by molar-refractivity contribution is -0.118. The summed E-state index contributed by atoms with van der Waals surface area (Å²) >= 11 is 0. The van der Waals surface area contributed by atoms with Crippen molar-refractivity contribution in [1.29, 1.82) is 0 Å². The first kappa shape index (κ1) is 13.9. The van der Waals surface area contributed by atoms with E-state index in [1.807, 2.05) is 6.07 Å². The van der Waals surface area contributed by atoms with Crippen molar-refractivity contribution in [3.05, 3.63) is 29.3 Å². The Bertz CT molecular complexity index is 446. The van der Waals surface area contributed by atoms with E-state index in [9.17, 15) is 4.79 Å². The molecule has 0 aromatic heterocycles. The average molecular weight is 262 g/mol. The molecule has 104 valence electrons. The number of ether oxygens (including phenoxy) is 1. The number of nitrogens with one attached hydrogen (secondary N) is 2. The monoisotopic (exact) mass is 262 g/mol. The molecule has 2 rings (SSSR count). The summed E-state index contributed by atoms with van der Waals surface area (Å²) < 4.78 is 5.27. The highest BCUT2D eigenvalue weighted by atomic mass is 16.5. The van der Waals surface area contributed by atoms with Crippen molar-refractivity contribution in [1.82, 2.24) is 10.6 Å². The molecule has 4 heteroatoms. The number of hydrogen-bond acceptors (Lipinski definition) is 3. The van der Waals surface area contributed by atoms with Crippen LogP contribution in [-0.2, 0) is 11.2 Å². The first-order chi connectivity index (χ1) is 9.20. The SMILES string of the molecule is COc1ccc2c(c1)CCCC2NCCNC(C)=O. The molecule has 4 nitrogen and oxygen atoms in total. The highest BCUT2D eigenvalue weighted by Crippen LogP contribution is 2.31. The maximum Gasteiger partial charge on any atom is 0.216 e. The first-order valence-corrected chi connectivity index (χ1v) is 6.85. The van der Waals surface area contributed by atoms with Gasteiger partial charge in [-0.1, -0.05) is 6.07 Å². The number of fused-ring (bicyclic) bond motifs is 1. The van der Waals surface area contributed by atoms with Gasteiger partial charge < -0.3 is 15.4 Å². The molecule has 1 aliphatic carbocycles. The number of benzene rings is 1. The van der Waals surface area contributed by atoms with E-state index in [1.54, 1.807) is 14.0 Å². The van der Waals surface area contributed by atoms with E-state index in [0.717, 1.165) is 25.1 Å². The average Bonchev–Trinajstić information content (AvgIpc) is 2.42. The maximum atomic E-state index is 10.8. The van der Waals surface area contributed by atoms with E-state index in [-0.39, 0.29) is 5.91 Å². The van der Waals surface area contributed by atoms with E-state index in [0.29, 0.717) is 12.6 Å². The van der Waals surface area contributed by atoms with E-state index < -0.39 is 0 Å². The second kappa shape index (κ2) is 6.57. The molecule has 1 unspecified atom stereocenters. The Balaban J connectivity index is 1.95. The molecule has 0 saturated carbocycles. The van der Waals surface area contributed by atoms with Gasteiger partial charge in [-0.3, -0.25) is 4.79 Å². The number of methoxy groups -OCH3 is 1. The van der Waals surface area contributed by atoms with Crippen LogP contribution in [0.15, 0.2) is 18.2 Å². The second-order valence-corrected chi connectivity index (χ2v) is 4.95. The van der Waals surface area contributed by atoms with Gasteiger partial charge in [-0.05, 0) is 42.5 Å². The first-order valence-electron chi connectivity index (χ1n) is 6.85. The Kier molecular flexibility index (Phi) is 4.80. The van der Waals surface area contributed by atoms with Crippen LogP contribution in [0.4, 0.5) is 0 Å². The molecule has 0 fully saturated rings. The third kappa shape index (κ3) is 3.70. The summed E-state index contributed by atoms with van der Waals surface area (Å²) in [5.74, 6) is 0.952. The molecule has 0 aliphatic heterocycles. The minimum atomic E-state index is 0.0237. The van der Waals surface area contributed by atoms with Crippen molar-refractivity contribution < 1.29 is 9.53 Å². The quantitative estimate of drug-likeness (QED) is 0.796. The summed E-state index contributed by atoms with van der Waals surface area (Å²) in [5.41, 5.74) is 2.75. The van der Waals surface area contributed by atoms with Crippen LogP contribution in [0.5, 0.6) is 5.75 Å². The summed E-state index contributed by atoms with van der Waals surface area (Å²) in [6.45, 7) is 3.02. The van der Waals surface area contributed by atoms with Crippen LogP contribution in [0, 0.1) is 0 Å². The van der Waals surface area contributed by atoms with Gasteiger partial charge in [0.1, 0.15) is 5.75 Å². The maximum absolute atomic E-state index is 10.8. The molecule has 1 atom stereocenters. The number of carbonyl (C=O) groups is 1. The summed E-state index contributed by atoms with van der Waals surface area (Å²) in [7, 11) is 1.70. The molecule has 1 amide bonds. The highest BCUT2D eigenvalue weighted by Gasteiger charge is 2.19. The van der Waals surface area contributed by atoms with Crippen LogP contribution in [0.3, 0.4) is 0 Å². The minimum Gasteiger partial charge on any atom is -0.497 e. The normalized spacial score (nSPS) is 17.7. The van der Waals surface area contributed by atoms with Crippen LogP contribution in [-0.4, -0.2) is 26.1 Å². The zero-order chi connectivity index (χ0) is 13.7. The lowest BCUT2D eigenvalue weighted by atomic mass is 9.87. The molecular formula is C15H22N2O2. The lowest BCUT2D eigenvalue weighted by Gasteiger charge is -2.27. The molecule has 0 bridgehead atoms. The van der Waals surface area contributed by atoms with Gasteiger partial charge in [-0.25, -0.2) is 0 Å². The third-order valence-electron chi connectivity index (χ3n) is 3.55. The van der Waals surface area contributed by atoms with Crippen molar-refractivity contribution >= 4 is 5.91 Å². The fourth-order valence-corrected chi connectivity index (χ4v) is 2.61. The molecule has 0 radical (unpaired) electrons. The Morgan fingerprint density at radius 2 is 2.26 bits per heavy atom. The molecule has 1 aromatic rings. The van der Waals surface area contributed by atoms with Gasteiger partial charge >= 0.3 is 0 Å². The van der Waals surface area contributed by atoms with Crippen molar-refractivity contribution in [2.24, 2.45) is 0 Å². The lowest BCUT2D eigenvalue weighted by Crippen LogP contribution is -2.33. The van der Waals surface area contributed by atoms with Gasteiger partial charge in [0.15, 0.2) is 0 Å². The Morgan fingerprint density at radius 1 is 1.42 bits per heavy atom. The number of rotatable bonds is 5. The fraction of sp³-hybridized carbons (Fsp3) is 0.533. The number of aryl methyl sites for hydroxylation is 1. The van der Waals surface area contributed by atoms with Crippen molar-refractivity contribution in [3.8, 4) is 5.75 Å². The van der Waals surface area contributed by atoms with Gasteiger partial charge in [0, 0.05) is 26.1 Å². The predicted molar refractivity (Wildman–Crippen MR) is 75.4 cm³/mol. The molecule has 2 N–H and O–H groups in total. The molecule has 1 aromatic carbocycles. The van der Waals surface area contributed by atoms with Crippen molar-refractivity contribution in [2.75, 3.05) is 20.2 Å². The molecule has 1 aliphatic rings. The van der Waals surface area contributed by atoms with E-state index >= 15 is 0 Å². The van der Waals surface area contributed by atoms with Gasteiger partial charge in [0.05, 0.1) is 7.11 Å². The topological polar surface area (TPSA) is 50.4 Å².